The Morgan fingerprint density at radius 2 is 1.82 bits per heavy atom. The second-order valence-corrected chi connectivity index (χ2v) is 7.71. The van der Waals surface area contributed by atoms with Crippen molar-refractivity contribution in [3.63, 3.8) is 0 Å². The predicted molar refractivity (Wildman–Crippen MR) is 116 cm³/mol. The number of carbonyl (C=O) groups excluding carboxylic acids is 1. The van der Waals surface area contributed by atoms with Gasteiger partial charge in [-0.3, -0.25) is 4.79 Å². The van der Waals surface area contributed by atoms with E-state index in [0.717, 1.165) is 29.5 Å². The summed E-state index contributed by atoms with van der Waals surface area (Å²) < 4.78 is 5.61. The Balaban J connectivity index is 0.00000392. The van der Waals surface area contributed by atoms with E-state index in [2.05, 4.69) is 31.2 Å². The largest absolute Gasteiger partial charge is 0.394 e. The van der Waals surface area contributed by atoms with E-state index in [-0.39, 0.29) is 31.4 Å². The van der Waals surface area contributed by atoms with Gasteiger partial charge >= 0.3 is 0 Å². The van der Waals surface area contributed by atoms with Crippen molar-refractivity contribution >= 4 is 18.2 Å². The molecule has 28 heavy (non-hydrogen) atoms. The fourth-order valence-electron chi connectivity index (χ4n) is 2.82. The lowest BCUT2D eigenvalue weighted by atomic mass is 9.99. The number of nitrogens with two attached hydrogens (primary N) is 1. The van der Waals surface area contributed by atoms with Crippen LogP contribution in [-0.4, -0.2) is 29.6 Å². The zero-order valence-electron chi connectivity index (χ0n) is 17.0. The van der Waals surface area contributed by atoms with Crippen LogP contribution in [0.2, 0.25) is 0 Å². The van der Waals surface area contributed by atoms with Crippen molar-refractivity contribution in [1.82, 2.24) is 0 Å². The minimum Gasteiger partial charge on any atom is -0.394 e. The first-order chi connectivity index (χ1) is 12.8. The quantitative estimate of drug-likeness (QED) is 0.582. The van der Waals surface area contributed by atoms with Crippen molar-refractivity contribution in [3.05, 3.63) is 70.3 Å². The van der Waals surface area contributed by atoms with E-state index in [1.165, 1.54) is 11.1 Å². The van der Waals surface area contributed by atoms with Crippen LogP contribution in [-0.2, 0) is 17.8 Å². The summed E-state index contributed by atoms with van der Waals surface area (Å²) in [5.74, 6) is 0.174. The first-order valence-electron chi connectivity index (χ1n) is 9.46. The molecule has 4 nitrogen and oxygen atoms in total. The minimum absolute atomic E-state index is 0. The van der Waals surface area contributed by atoms with Crippen molar-refractivity contribution in [1.29, 1.82) is 0 Å². The maximum Gasteiger partial charge on any atom is 0.162 e. The molecular formula is C23H32ClNO3. The van der Waals surface area contributed by atoms with Gasteiger partial charge in [-0.05, 0) is 56.4 Å². The number of carbonyl (C=O) groups is 1. The lowest BCUT2D eigenvalue weighted by Gasteiger charge is -2.21. The molecule has 0 heterocycles. The summed E-state index contributed by atoms with van der Waals surface area (Å²) in [7, 11) is 0. The van der Waals surface area contributed by atoms with E-state index in [1.807, 2.05) is 25.1 Å². The Morgan fingerprint density at radius 1 is 1.14 bits per heavy atom. The van der Waals surface area contributed by atoms with E-state index in [0.29, 0.717) is 13.0 Å². The normalized spacial score (nSPS) is 12.9. The highest BCUT2D eigenvalue weighted by Gasteiger charge is 2.17. The smallest absolute Gasteiger partial charge is 0.162 e. The second kappa shape index (κ2) is 11.3. The van der Waals surface area contributed by atoms with Crippen LogP contribution >= 0.6 is 12.4 Å². The lowest BCUT2D eigenvalue weighted by Crippen LogP contribution is -2.44. The number of rotatable bonds is 10. The summed E-state index contributed by atoms with van der Waals surface area (Å²) in [6, 6.07) is 14.2. The average molecular weight is 406 g/mol. The second-order valence-electron chi connectivity index (χ2n) is 7.71. The molecule has 0 fully saturated rings. The highest BCUT2D eigenvalue weighted by molar-refractivity contribution is 5.96. The maximum atomic E-state index is 12.5. The van der Waals surface area contributed by atoms with Gasteiger partial charge in [0.25, 0.3) is 0 Å². The fraction of sp³-hybridized carbons (Fsp3) is 0.435. The molecule has 2 rings (SSSR count). The number of aliphatic hydroxyl groups excluding tert-OH is 1. The van der Waals surface area contributed by atoms with Gasteiger partial charge in [0, 0.05) is 12.0 Å². The molecule has 0 amide bonds. The van der Waals surface area contributed by atoms with Crippen molar-refractivity contribution < 1.29 is 14.6 Å². The molecule has 0 aliphatic heterocycles. The van der Waals surface area contributed by atoms with Crippen molar-refractivity contribution in [2.24, 2.45) is 5.73 Å². The topological polar surface area (TPSA) is 72.5 Å². The molecular weight excluding hydrogens is 374 g/mol. The number of benzene rings is 2. The number of hydrogen-bond donors (Lipinski definition) is 2. The Bertz CT molecular complexity index is 757. The van der Waals surface area contributed by atoms with Gasteiger partial charge in [0.2, 0.25) is 0 Å². The Labute approximate surface area is 174 Å². The molecule has 5 heteroatoms. The molecule has 0 aromatic heterocycles. The molecule has 154 valence electrons. The summed E-state index contributed by atoms with van der Waals surface area (Å²) in [4.78, 5) is 12.5. The third-order valence-electron chi connectivity index (χ3n) is 4.71. The minimum atomic E-state index is -0.735. The number of hydrogen-bond acceptors (Lipinski definition) is 4. The van der Waals surface area contributed by atoms with Crippen molar-refractivity contribution in [2.45, 2.75) is 52.2 Å². The van der Waals surface area contributed by atoms with Crippen LogP contribution in [0.3, 0.4) is 0 Å². The van der Waals surface area contributed by atoms with Crippen LogP contribution in [0.5, 0.6) is 0 Å². The van der Waals surface area contributed by atoms with Crippen molar-refractivity contribution in [2.75, 3.05) is 13.2 Å². The van der Waals surface area contributed by atoms with Gasteiger partial charge in [-0.15, -0.1) is 12.4 Å². The SMILES string of the molecule is Cc1ccc(CCCC(=O)c2ccc(COC[C@@](C)(N)CO)c(C)c2)cc1.Cl. The highest BCUT2D eigenvalue weighted by atomic mass is 35.5. The van der Waals surface area contributed by atoms with Gasteiger partial charge < -0.3 is 15.6 Å². The molecule has 0 aliphatic rings. The number of halogens is 1. The molecule has 2 aromatic carbocycles. The summed E-state index contributed by atoms with van der Waals surface area (Å²) in [6.45, 7) is 6.38. The molecule has 0 bridgehead atoms. The standard InChI is InChI=1S/C23H31NO3.ClH/c1-17-7-9-19(10-8-17)5-4-6-22(26)20-11-12-21(18(2)13-20)14-27-16-23(3,24)15-25;/h7-13,25H,4-6,14-16,24H2,1-3H3;1H/t23-;/m0./s1. The molecule has 1 atom stereocenters. The monoisotopic (exact) mass is 405 g/mol. The van der Waals surface area contributed by atoms with Gasteiger partial charge in [0.15, 0.2) is 5.78 Å². The van der Waals surface area contributed by atoms with Crippen LogP contribution in [0.25, 0.3) is 0 Å². The molecule has 0 saturated carbocycles. The summed E-state index contributed by atoms with van der Waals surface area (Å²) in [5, 5.41) is 9.16. The van der Waals surface area contributed by atoms with Gasteiger partial charge in [-0.1, -0.05) is 42.0 Å². The van der Waals surface area contributed by atoms with E-state index in [1.54, 1.807) is 6.92 Å². The number of aryl methyl sites for hydroxylation is 3. The number of ketones is 1. The summed E-state index contributed by atoms with van der Waals surface area (Å²) in [6.07, 6.45) is 2.31. The van der Waals surface area contributed by atoms with E-state index in [9.17, 15) is 4.79 Å². The van der Waals surface area contributed by atoms with Crippen LogP contribution < -0.4 is 5.73 Å². The molecule has 3 N–H and O–H groups in total. The van der Waals surface area contributed by atoms with E-state index >= 15 is 0 Å². The van der Waals surface area contributed by atoms with Crippen LogP contribution in [0, 0.1) is 13.8 Å². The molecule has 0 aliphatic carbocycles. The van der Waals surface area contributed by atoms with Crippen LogP contribution in [0.4, 0.5) is 0 Å². The Morgan fingerprint density at radius 3 is 2.43 bits per heavy atom. The fourth-order valence-corrected chi connectivity index (χ4v) is 2.82. The average Bonchev–Trinajstić information content (AvgIpc) is 2.64. The van der Waals surface area contributed by atoms with Crippen LogP contribution in [0.1, 0.15) is 52.4 Å². The Hall–Kier alpha value is -1.72. The van der Waals surface area contributed by atoms with Crippen LogP contribution in [0.15, 0.2) is 42.5 Å². The lowest BCUT2D eigenvalue weighted by molar-refractivity contribution is 0.0533. The molecule has 2 aromatic rings. The van der Waals surface area contributed by atoms with Gasteiger partial charge in [0.05, 0.1) is 25.4 Å². The molecule has 0 spiro atoms. The number of aliphatic hydroxyl groups is 1. The summed E-state index contributed by atoms with van der Waals surface area (Å²) in [5.41, 5.74) is 10.5. The zero-order valence-corrected chi connectivity index (χ0v) is 17.8. The predicted octanol–water partition coefficient (Wildman–Crippen LogP) is 4.16. The van der Waals surface area contributed by atoms with E-state index in [4.69, 9.17) is 15.6 Å². The van der Waals surface area contributed by atoms with Gasteiger partial charge in [0.1, 0.15) is 0 Å². The summed E-state index contributed by atoms with van der Waals surface area (Å²) >= 11 is 0. The zero-order chi connectivity index (χ0) is 19.9. The first kappa shape index (κ1) is 24.3. The number of ether oxygens (including phenoxy) is 1. The number of Topliss-reactive ketones (excluding diaryl/α,β-unsaturated/α-hetero) is 1. The van der Waals surface area contributed by atoms with Crippen molar-refractivity contribution in [3.8, 4) is 0 Å². The third-order valence-corrected chi connectivity index (χ3v) is 4.71. The maximum absolute atomic E-state index is 12.5. The van der Waals surface area contributed by atoms with Gasteiger partial charge in [-0.25, -0.2) is 0 Å². The molecule has 0 unspecified atom stereocenters. The third kappa shape index (κ3) is 7.72. The Kier molecular flexibility index (Phi) is 9.83. The molecule has 0 radical (unpaired) electrons. The van der Waals surface area contributed by atoms with Gasteiger partial charge in [-0.2, -0.15) is 0 Å². The highest BCUT2D eigenvalue weighted by Crippen LogP contribution is 2.16. The molecule has 0 saturated heterocycles. The first-order valence-corrected chi connectivity index (χ1v) is 9.46. The van der Waals surface area contributed by atoms with E-state index < -0.39 is 5.54 Å².